The molecule has 0 aromatic heterocycles. The predicted octanol–water partition coefficient (Wildman–Crippen LogP) is 4.63. The van der Waals surface area contributed by atoms with E-state index in [4.69, 9.17) is 8.85 Å². The smallest absolute Gasteiger partial charge is 0.476 e. The summed E-state index contributed by atoms with van der Waals surface area (Å²) in [6.07, 6.45) is 13.6. The molecule has 0 amide bonds. The van der Waals surface area contributed by atoms with Gasteiger partial charge < -0.3 is 8.85 Å². The first kappa shape index (κ1) is 16.8. The van der Waals surface area contributed by atoms with Crippen LogP contribution in [0.25, 0.3) is 0 Å². The molecule has 3 heteroatoms. The van der Waals surface area contributed by atoms with Crippen LogP contribution in [-0.2, 0) is 8.85 Å². The lowest BCUT2D eigenvalue weighted by Gasteiger charge is -2.17. The van der Waals surface area contributed by atoms with Crippen LogP contribution in [0.15, 0.2) is 12.2 Å². The van der Waals surface area contributed by atoms with Gasteiger partial charge >= 0.3 is 8.90 Å². The van der Waals surface area contributed by atoms with Crippen molar-refractivity contribution < 1.29 is 8.85 Å². The fraction of sp³-hybridized carbons (Fsp3) is 0.833. The molecule has 2 fully saturated rings. The molecule has 2 aliphatic rings. The molecule has 2 saturated carbocycles. The molecular weight excluding hydrogens is 276 g/mol. The van der Waals surface area contributed by atoms with Gasteiger partial charge in [0, 0.05) is 0 Å². The zero-order chi connectivity index (χ0) is 14.9. The second kappa shape index (κ2) is 9.45. The van der Waals surface area contributed by atoms with Crippen LogP contribution in [0, 0.1) is 11.8 Å². The maximum Gasteiger partial charge on any atom is 0.476 e. The van der Waals surface area contributed by atoms with Crippen LogP contribution in [0.2, 0.25) is 0 Å². The Balaban J connectivity index is 1.83. The topological polar surface area (TPSA) is 18.5 Å². The Morgan fingerprint density at radius 2 is 1.62 bits per heavy atom. The number of rotatable bonds is 7. The average Bonchev–Trinajstić information content (AvgIpc) is 2.91. The fourth-order valence-corrected chi connectivity index (χ4v) is 5.17. The van der Waals surface area contributed by atoms with Crippen molar-refractivity contribution in [2.75, 3.05) is 13.2 Å². The van der Waals surface area contributed by atoms with Crippen LogP contribution >= 0.6 is 0 Å². The number of hydrogen-bond donors (Lipinski definition) is 0. The van der Waals surface area contributed by atoms with Gasteiger partial charge in [-0.3, -0.25) is 0 Å². The SMILES string of the molecule is C=C(CO[Si](=CC1CCCCCC1)OCC)C1CCCC1. The van der Waals surface area contributed by atoms with E-state index in [2.05, 4.69) is 19.2 Å². The first-order valence-corrected chi connectivity index (χ1v) is 10.3. The normalized spacial score (nSPS) is 22.0. The summed E-state index contributed by atoms with van der Waals surface area (Å²) in [5.41, 5.74) is 3.71. The van der Waals surface area contributed by atoms with Crippen LogP contribution < -0.4 is 0 Å². The summed E-state index contributed by atoms with van der Waals surface area (Å²) in [6.45, 7) is 7.79. The first-order valence-electron chi connectivity index (χ1n) is 8.94. The second-order valence-electron chi connectivity index (χ2n) is 6.60. The fourth-order valence-electron chi connectivity index (χ4n) is 3.57. The van der Waals surface area contributed by atoms with Crippen LogP contribution in [-0.4, -0.2) is 27.8 Å². The van der Waals surface area contributed by atoms with E-state index in [9.17, 15) is 0 Å². The molecule has 0 atom stereocenters. The van der Waals surface area contributed by atoms with Gasteiger partial charge in [0.05, 0.1) is 13.2 Å². The minimum absolute atomic E-state index is 0.702. The van der Waals surface area contributed by atoms with Gasteiger partial charge in [0.15, 0.2) is 0 Å². The second-order valence-corrected chi connectivity index (χ2v) is 8.15. The Morgan fingerprint density at radius 1 is 1.00 bits per heavy atom. The van der Waals surface area contributed by atoms with E-state index in [1.54, 1.807) is 0 Å². The van der Waals surface area contributed by atoms with Crippen molar-refractivity contribution in [3.8, 4) is 0 Å². The van der Waals surface area contributed by atoms with Crippen LogP contribution in [0.4, 0.5) is 0 Å². The van der Waals surface area contributed by atoms with Crippen LogP contribution in [0.1, 0.15) is 71.1 Å². The molecule has 0 unspecified atom stereocenters. The maximum atomic E-state index is 6.12. The summed E-state index contributed by atoms with van der Waals surface area (Å²) >= 11 is 0. The Morgan fingerprint density at radius 3 is 2.24 bits per heavy atom. The highest BCUT2D eigenvalue weighted by molar-refractivity contribution is 6.54. The van der Waals surface area contributed by atoms with Crippen molar-refractivity contribution in [2.45, 2.75) is 71.1 Å². The first-order chi connectivity index (χ1) is 10.3. The molecule has 0 N–H and O–H groups in total. The minimum atomic E-state index is -1.22. The van der Waals surface area contributed by atoms with Crippen molar-refractivity contribution >= 4 is 14.6 Å². The molecule has 2 nitrogen and oxygen atoms in total. The van der Waals surface area contributed by atoms with Gasteiger partial charge in [-0.2, -0.15) is 0 Å². The Labute approximate surface area is 132 Å². The predicted molar refractivity (Wildman–Crippen MR) is 91.7 cm³/mol. The van der Waals surface area contributed by atoms with Crippen molar-refractivity contribution in [1.29, 1.82) is 0 Å². The molecular formula is C18H32O2Si. The van der Waals surface area contributed by atoms with Gasteiger partial charge in [0.1, 0.15) is 0 Å². The van der Waals surface area contributed by atoms with Crippen molar-refractivity contribution in [3.63, 3.8) is 0 Å². The molecule has 0 radical (unpaired) electrons. The van der Waals surface area contributed by atoms with Crippen LogP contribution in [0.3, 0.4) is 0 Å². The summed E-state index contributed by atoms with van der Waals surface area (Å²) in [7, 11) is -1.22. The molecule has 0 spiro atoms. The molecule has 0 aromatic carbocycles. The Hall–Kier alpha value is -0.573. The van der Waals surface area contributed by atoms with Crippen LogP contribution in [0.5, 0.6) is 0 Å². The zero-order valence-corrected chi connectivity index (χ0v) is 14.7. The lowest BCUT2D eigenvalue weighted by atomic mass is 10.0. The molecule has 0 aliphatic heterocycles. The molecule has 0 heterocycles. The van der Waals surface area contributed by atoms with Gasteiger partial charge in [-0.1, -0.05) is 45.1 Å². The van der Waals surface area contributed by atoms with Gasteiger partial charge in [-0.05, 0) is 55.7 Å². The van der Waals surface area contributed by atoms with E-state index in [1.165, 1.54) is 69.8 Å². The van der Waals surface area contributed by atoms with E-state index in [-0.39, 0.29) is 0 Å². The maximum absolute atomic E-state index is 6.12. The van der Waals surface area contributed by atoms with Gasteiger partial charge in [0.25, 0.3) is 0 Å². The third kappa shape index (κ3) is 5.97. The van der Waals surface area contributed by atoms with E-state index < -0.39 is 8.90 Å². The summed E-state index contributed by atoms with van der Waals surface area (Å²) in [5.74, 6) is 1.42. The summed E-state index contributed by atoms with van der Waals surface area (Å²) in [6, 6.07) is 0. The monoisotopic (exact) mass is 308 g/mol. The van der Waals surface area contributed by atoms with Crippen molar-refractivity contribution in [3.05, 3.63) is 12.2 Å². The highest BCUT2D eigenvalue weighted by Crippen LogP contribution is 2.30. The molecule has 0 aromatic rings. The minimum Gasteiger partial charge on any atom is -0.524 e. The van der Waals surface area contributed by atoms with E-state index in [1.807, 2.05) is 0 Å². The lowest BCUT2D eigenvalue weighted by Crippen LogP contribution is -2.22. The largest absolute Gasteiger partial charge is 0.524 e. The van der Waals surface area contributed by atoms with Crippen molar-refractivity contribution in [1.82, 2.24) is 0 Å². The third-order valence-electron chi connectivity index (χ3n) is 4.89. The highest BCUT2D eigenvalue weighted by Gasteiger charge is 2.19. The molecule has 21 heavy (non-hydrogen) atoms. The average molecular weight is 309 g/mol. The molecule has 2 aliphatic carbocycles. The van der Waals surface area contributed by atoms with Gasteiger partial charge in [0.2, 0.25) is 0 Å². The molecule has 120 valence electrons. The lowest BCUT2D eigenvalue weighted by molar-refractivity contribution is 0.234. The summed E-state index contributed by atoms with van der Waals surface area (Å²) in [4.78, 5) is 0. The number of hydrogen-bond acceptors (Lipinski definition) is 2. The standard InChI is InChI=1S/C18H32O2Si/c1-3-19-21(15-17-10-6-4-5-7-11-17)20-14-16(2)18-12-8-9-13-18/h15,17-18H,2-14H2,1H3. The van der Waals surface area contributed by atoms with E-state index >= 15 is 0 Å². The highest BCUT2D eigenvalue weighted by atomic mass is 28.3. The van der Waals surface area contributed by atoms with Crippen molar-refractivity contribution in [2.24, 2.45) is 11.8 Å². The molecule has 2 rings (SSSR count). The summed E-state index contributed by atoms with van der Waals surface area (Å²) < 4.78 is 12.0. The third-order valence-corrected chi connectivity index (χ3v) is 6.64. The zero-order valence-electron chi connectivity index (χ0n) is 13.7. The van der Waals surface area contributed by atoms with Gasteiger partial charge in [-0.15, -0.1) is 0 Å². The quantitative estimate of drug-likeness (QED) is 0.388. The van der Waals surface area contributed by atoms with E-state index in [0.717, 1.165) is 6.61 Å². The van der Waals surface area contributed by atoms with E-state index in [0.29, 0.717) is 18.4 Å². The Kier molecular flexibility index (Phi) is 7.55. The molecule has 0 bridgehead atoms. The van der Waals surface area contributed by atoms with Gasteiger partial charge in [-0.25, -0.2) is 0 Å². The summed E-state index contributed by atoms with van der Waals surface area (Å²) in [5, 5.41) is 0. The molecule has 0 saturated heterocycles. The Bertz CT molecular complexity index is 337.